The van der Waals surface area contributed by atoms with E-state index in [0.29, 0.717) is 12.3 Å². The van der Waals surface area contributed by atoms with Crippen molar-refractivity contribution in [3.63, 3.8) is 0 Å². The Bertz CT molecular complexity index is 529. The van der Waals surface area contributed by atoms with Gasteiger partial charge in [-0.15, -0.1) is 0 Å². The molecule has 17 heavy (non-hydrogen) atoms. The molecule has 1 aliphatic heterocycles. The van der Waals surface area contributed by atoms with Gasteiger partial charge in [0.25, 0.3) is 0 Å². The maximum Gasteiger partial charge on any atom is 0.100 e. The molecular weight excluding hydrogens is 214 g/mol. The van der Waals surface area contributed by atoms with Crippen molar-refractivity contribution >= 4 is 17.1 Å². The minimum Gasteiger partial charge on any atom is -0.399 e. The largest absolute Gasteiger partial charge is 0.399 e. The second kappa shape index (κ2) is 3.68. The summed E-state index contributed by atoms with van der Waals surface area (Å²) in [5.74, 6) is 0. The second-order valence-corrected chi connectivity index (χ2v) is 4.11. The van der Waals surface area contributed by atoms with Crippen molar-refractivity contribution in [3.05, 3.63) is 42.0 Å². The first-order valence-electron chi connectivity index (χ1n) is 5.40. The van der Waals surface area contributed by atoms with Gasteiger partial charge < -0.3 is 11.5 Å². The Morgan fingerprint density at radius 3 is 2.47 bits per heavy atom. The van der Waals surface area contributed by atoms with Crippen LogP contribution < -0.4 is 16.9 Å². The van der Waals surface area contributed by atoms with Gasteiger partial charge in [0.1, 0.15) is 6.61 Å². The van der Waals surface area contributed by atoms with Gasteiger partial charge in [0.15, 0.2) is 0 Å². The first kappa shape index (κ1) is 9.99. The third kappa shape index (κ3) is 1.68. The van der Waals surface area contributed by atoms with Crippen LogP contribution in [0.4, 0.5) is 17.1 Å². The molecular formula is C13H13N3O. The molecule has 0 amide bonds. The van der Waals surface area contributed by atoms with Crippen LogP contribution in [0.3, 0.4) is 0 Å². The second-order valence-electron chi connectivity index (χ2n) is 4.11. The molecule has 4 nitrogen and oxygen atoms in total. The van der Waals surface area contributed by atoms with Crippen LogP contribution in [0.15, 0.2) is 36.4 Å². The van der Waals surface area contributed by atoms with Crippen molar-refractivity contribution in [2.75, 3.05) is 16.9 Å². The summed E-state index contributed by atoms with van der Waals surface area (Å²) in [5.41, 5.74) is 20.1. The van der Waals surface area contributed by atoms with Gasteiger partial charge in [0, 0.05) is 16.9 Å². The molecule has 0 bridgehead atoms. The van der Waals surface area contributed by atoms with Crippen LogP contribution in [0, 0.1) is 0 Å². The highest BCUT2D eigenvalue weighted by Gasteiger charge is 2.14. The third-order valence-corrected chi connectivity index (χ3v) is 2.87. The van der Waals surface area contributed by atoms with Crippen LogP contribution in [-0.2, 0) is 11.4 Å². The Morgan fingerprint density at radius 1 is 0.941 bits per heavy atom. The van der Waals surface area contributed by atoms with E-state index in [0.717, 1.165) is 28.1 Å². The number of rotatable bonds is 0. The lowest BCUT2D eigenvalue weighted by Gasteiger charge is -2.09. The van der Waals surface area contributed by atoms with Crippen LogP contribution in [-0.4, -0.2) is 0 Å². The topological polar surface area (TPSA) is 73.3 Å². The van der Waals surface area contributed by atoms with E-state index in [4.69, 9.17) is 16.3 Å². The zero-order chi connectivity index (χ0) is 11.8. The maximum atomic E-state index is 5.78. The molecule has 0 spiro atoms. The number of fused-ring (bicyclic) bond motifs is 3. The monoisotopic (exact) mass is 227 g/mol. The molecule has 0 unspecified atom stereocenters. The highest BCUT2D eigenvalue weighted by Crippen LogP contribution is 2.35. The molecule has 0 atom stereocenters. The lowest BCUT2D eigenvalue weighted by atomic mass is 9.98. The molecule has 1 aliphatic rings. The van der Waals surface area contributed by atoms with Crippen molar-refractivity contribution in [1.82, 2.24) is 0 Å². The van der Waals surface area contributed by atoms with E-state index >= 15 is 0 Å². The molecule has 0 fully saturated rings. The van der Waals surface area contributed by atoms with Crippen LogP contribution in [0.5, 0.6) is 0 Å². The fourth-order valence-electron chi connectivity index (χ4n) is 2.07. The molecule has 0 saturated heterocycles. The van der Waals surface area contributed by atoms with Gasteiger partial charge in [0.05, 0.1) is 5.69 Å². The van der Waals surface area contributed by atoms with Gasteiger partial charge in [-0.05, 0) is 35.4 Å². The van der Waals surface area contributed by atoms with Crippen molar-refractivity contribution < 1.29 is 4.84 Å². The number of anilines is 3. The van der Waals surface area contributed by atoms with Crippen molar-refractivity contribution in [1.29, 1.82) is 0 Å². The molecule has 2 aromatic rings. The normalized spacial score (nSPS) is 13.2. The number of hydrogen-bond acceptors (Lipinski definition) is 4. The van der Waals surface area contributed by atoms with Gasteiger partial charge in [-0.2, -0.15) is 0 Å². The SMILES string of the molecule is Nc1ccc2c(c1)CONc1cc(N)ccc1-2. The molecule has 0 radical (unpaired) electrons. The first-order chi connectivity index (χ1) is 8.24. The van der Waals surface area contributed by atoms with E-state index in [2.05, 4.69) is 5.48 Å². The standard InChI is InChI=1S/C13H13N3O/c14-9-1-3-11-8(5-9)7-17-16-13-6-10(15)2-4-12(11)13/h1-6,16H,7,14-15H2. The van der Waals surface area contributed by atoms with Crippen LogP contribution in [0.25, 0.3) is 11.1 Å². The van der Waals surface area contributed by atoms with E-state index in [1.807, 2.05) is 36.4 Å². The highest BCUT2D eigenvalue weighted by molar-refractivity contribution is 5.83. The summed E-state index contributed by atoms with van der Waals surface area (Å²) in [6, 6.07) is 11.6. The molecule has 0 aliphatic carbocycles. The average Bonchev–Trinajstić information content (AvgIpc) is 2.47. The minimum atomic E-state index is 0.481. The summed E-state index contributed by atoms with van der Waals surface area (Å²) in [6.45, 7) is 0.481. The van der Waals surface area contributed by atoms with Crippen LogP contribution >= 0.6 is 0 Å². The number of nitrogens with two attached hydrogens (primary N) is 2. The van der Waals surface area contributed by atoms with Gasteiger partial charge in [0.2, 0.25) is 0 Å². The third-order valence-electron chi connectivity index (χ3n) is 2.87. The van der Waals surface area contributed by atoms with Crippen molar-refractivity contribution in [3.8, 4) is 11.1 Å². The number of benzene rings is 2. The fourth-order valence-corrected chi connectivity index (χ4v) is 2.07. The summed E-state index contributed by atoms with van der Waals surface area (Å²) in [5, 5.41) is 0. The Morgan fingerprint density at radius 2 is 1.65 bits per heavy atom. The van der Waals surface area contributed by atoms with Gasteiger partial charge in [-0.25, -0.2) is 0 Å². The van der Waals surface area contributed by atoms with Crippen LogP contribution in [0.2, 0.25) is 0 Å². The number of nitrogen functional groups attached to an aromatic ring is 2. The molecule has 0 aromatic heterocycles. The fraction of sp³-hybridized carbons (Fsp3) is 0.0769. The van der Waals surface area contributed by atoms with Crippen molar-refractivity contribution in [2.24, 2.45) is 0 Å². The summed E-state index contributed by atoms with van der Waals surface area (Å²) in [7, 11) is 0. The van der Waals surface area contributed by atoms with Gasteiger partial charge in [-0.1, -0.05) is 12.1 Å². The van der Waals surface area contributed by atoms with Gasteiger partial charge in [-0.3, -0.25) is 10.3 Å². The minimum absolute atomic E-state index is 0.481. The molecule has 4 heteroatoms. The van der Waals surface area contributed by atoms with Crippen LogP contribution in [0.1, 0.15) is 5.56 Å². The van der Waals surface area contributed by atoms with E-state index in [1.54, 1.807) is 0 Å². The summed E-state index contributed by atoms with van der Waals surface area (Å²) in [4.78, 5) is 5.40. The first-order valence-corrected chi connectivity index (χ1v) is 5.40. The maximum absolute atomic E-state index is 5.78. The highest BCUT2D eigenvalue weighted by atomic mass is 16.6. The zero-order valence-electron chi connectivity index (χ0n) is 9.23. The Labute approximate surface area is 99.1 Å². The Kier molecular flexibility index (Phi) is 2.16. The lowest BCUT2D eigenvalue weighted by molar-refractivity contribution is 0.182. The predicted octanol–water partition coefficient (Wildman–Crippen LogP) is 2.38. The van der Waals surface area contributed by atoms with E-state index in [9.17, 15) is 0 Å². The summed E-state index contributed by atoms with van der Waals surface area (Å²) >= 11 is 0. The summed E-state index contributed by atoms with van der Waals surface area (Å²) < 4.78 is 0. The molecule has 86 valence electrons. The average molecular weight is 227 g/mol. The molecule has 2 aromatic carbocycles. The molecule has 5 N–H and O–H groups in total. The summed E-state index contributed by atoms with van der Waals surface area (Å²) in [6.07, 6.45) is 0. The molecule has 0 saturated carbocycles. The van der Waals surface area contributed by atoms with Crippen molar-refractivity contribution in [2.45, 2.75) is 6.61 Å². The number of hydrogen-bond donors (Lipinski definition) is 3. The Balaban J connectivity index is 2.24. The van der Waals surface area contributed by atoms with E-state index in [1.165, 1.54) is 0 Å². The number of nitrogens with one attached hydrogen (secondary N) is 1. The molecule has 3 rings (SSSR count). The zero-order valence-corrected chi connectivity index (χ0v) is 9.23. The van der Waals surface area contributed by atoms with Gasteiger partial charge >= 0.3 is 0 Å². The lowest BCUT2D eigenvalue weighted by Crippen LogP contribution is -1.99. The van der Waals surface area contributed by atoms with E-state index < -0.39 is 0 Å². The predicted molar refractivity (Wildman–Crippen MR) is 69.1 cm³/mol. The Hall–Kier alpha value is -2.20. The quantitative estimate of drug-likeness (QED) is 0.604. The van der Waals surface area contributed by atoms with E-state index in [-0.39, 0.29) is 0 Å². The molecule has 1 heterocycles. The smallest absolute Gasteiger partial charge is 0.100 e.